The number of fused-ring (bicyclic) bond motifs is 1. The van der Waals surface area contributed by atoms with Crippen LogP contribution in [-0.4, -0.2) is 49.8 Å². The number of amides is 1. The van der Waals surface area contributed by atoms with Gasteiger partial charge in [-0.1, -0.05) is 12.1 Å². The van der Waals surface area contributed by atoms with Gasteiger partial charge in [0.25, 0.3) is 5.91 Å². The molecule has 1 fully saturated rings. The number of benzene rings is 2. The molecule has 2 heterocycles. The van der Waals surface area contributed by atoms with E-state index in [1.165, 1.54) is 34.1 Å². The minimum atomic E-state index is -3.88. The first-order valence-corrected chi connectivity index (χ1v) is 10.5. The van der Waals surface area contributed by atoms with Gasteiger partial charge in [-0.3, -0.25) is 10.0 Å². The van der Waals surface area contributed by atoms with E-state index in [9.17, 15) is 13.2 Å². The summed E-state index contributed by atoms with van der Waals surface area (Å²) in [6.07, 6.45) is 0.863. The first-order chi connectivity index (χ1) is 14.0. The van der Waals surface area contributed by atoms with Crippen molar-refractivity contribution in [1.82, 2.24) is 9.79 Å². The van der Waals surface area contributed by atoms with E-state index in [2.05, 4.69) is 0 Å². The predicted octanol–water partition coefficient (Wildman–Crippen LogP) is 1.77. The Morgan fingerprint density at radius 2 is 1.83 bits per heavy atom. The summed E-state index contributed by atoms with van der Waals surface area (Å²) in [5.74, 6) is 1.07. The lowest BCUT2D eigenvalue weighted by Crippen LogP contribution is -2.42. The van der Waals surface area contributed by atoms with Crippen LogP contribution in [0.5, 0.6) is 17.2 Å². The van der Waals surface area contributed by atoms with Crippen LogP contribution in [0.4, 0.5) is 0 Å². The van der Waals surface area contributed by atoms with Crippen molar-refractivity contribution in [1.29, 1.82) is 0 Å². The van der Waals surface area contributed by atoms with Crippen molar-refractivity contribution in [3.63, 3.8) is 0 Å². The van der Waals surface area contributed by atoms with Crippen molar-refractivity contribution in [2.75, 3.05) is 19.9 Å². The molecule has 10 heteroatoms. The Labute approximate surface area is 167 Å². The first-order valence-electron chi connectivity index (χ1n) is 9.09. The third-order valence-electron chi connectivity index (χ3n) is 4.90. The summed E-state index contributed by atoms with van der Waals surface area (Å²) < 4.78 is 43.9. The summed E-state index contributed by atoms with van der Waals surface area (Å²) in [7, 11) is -3.88. The second-order valence-electron chi connectivity index (χ2n) is 6.67. The van der Waals surface area contributed by atoms with Crippen molar-refractivity contribution < 1.29 is 32.6 Å². The van der Waals surface area contributed by atoms with Crippen molar-refractivity contribution >= 4 is 15.9 Å². The molecule has 0 saturated carbocycles. The molecule has 0 radical (unpaired) electrons. The summed E-state index contributed by atoms with van der Waals surface area (Å²) in [4.78, 5) is 11.7. The van der Waals surface area contributed by atoms with Gasteiger partial charge in [-0.25, -0.2) is 13.9 Å². The molecule has 2 aliphatic rings. The van der Waals surface area contributed by atoms with Gasteiger partial charge in [-0.05, 0) is 37.1 Å². The molecule has 9 nitrogen and oxygen atoms in total. The molecule has 0 spiro atoms. The number of carbonyl (C=O) groups is 1. The lowest BCUT2D eigenvalue weighted by atomic mass is 10.1. The van der Waals surface area contributed by atoms with Crippen molar-refractivity contribution in [2.24, 2.45) is 0 Å². The van der Waals surface area contributed by atoms with Crippen LogP contribution in [0.25, 0.3) is 0 Å². The van der Waals surface area contributed by atoms with E-state index in [0.29, 0.717) is 30.1 Å². The molecule has 0 unspecified atom stereocenters. The lowest BCUT2D eigenvalue weighted by Gasteiger charge is -2.31. The van der Waals surface area contributed by atoms with Gasteiger partial charge in [0.2, 0.25) is 16.8 Å². The van der Waals surface area contributed by atoms with Crippen molar-refractivity contribution in [2.45, 2.75) is 23.8 Å². The van der Waals surface area contributed by atoms with E-state index >= 15 is 0 Å². The number of ether oxygens (including phenoxy) is 3. The second-order valence-corrected chi connectivity index (χ2v) is 8.58. The van der Waals surface area contributed by atoms with E-state index in [4.69, 9.17) is 19.4 Å². The highest BCUT2D eigenvalue weighted by atomic mass is 32.2. The van der Waals surface area contributed by atoms with Gasteiger partial charge in [0, 0.05) is 19.2 Å². The zero-order valence-electron chi connectivity index (χ0n) is 15.4. The van der Waals surface area contributed by atoms with Crippen LogP contribution in [-0.2, 0) is 10.0 Å². The van der Waals surface area contributed by atoms with Gasteiger partial charge in [0.15, 0.2) is 11.5 Å². The van der Waals surface area contributed by atoms with Gasteiger partial charge >= 0.3 is 0 Å². The van der Waals surface area contributed by atoms with Crippen LogP contribution >= 0.6 is 0 Å². The zero-order valence-corrected chi connectivity index (χ0v) is 16.2. The van der Waals surface area contributed by atoms with Gasteiger partial charge < -0.3 is 14.2 Å². The van der Waals surface area contributed by atoms with E-state index in [0.717, 1.165) is 0 Å². The number of nitrogens with one attached hydrogen (secondary N) is 1. The van der Waals surface area contributed by atoms with Crippen LogP contribution in [0.1, 0.15) is 23.2 Å². The molecule has 0 atom stereocenters. The third kappa shape index (κ3) is 3.86. The van der Waals surface area contributed by atoms with E-state index < -0.39 is 15.9 Å². The van der Waals surface area contributed by atoms with Gasteiger partial charge in [-0.15, -0.1) is 0 Å². The van der Waals surface area contributed by atoms with E-state index in [1.807, 2.05) is 0 Å². The highest BCUT2D eigenvalue weighted by Crippen LogP contribution is 2.36. The summed E-state index contributed by atoms with van der Waals surface area (Å²) in [5.41, 5.74) is 1.38. The number of sulfonamides is 1. The quantitative estimate of drug-likeness (QED) is 0.560. The average molecular weight is 420 g/mol. The fraction of sp³-hybridized carbons (Fsp3) is 0.316. The van der Waals surface area contributed by atoms with Crippen molar-refractivity contribution in [3.05, 3.63) is 48.0 Å². The maximum Gasteiger partial charge on any atom is 0.276 e. The fourth-order valence-electron chi connectivity index (χ4n) is 3.41. The minimum Gasteiger partial charge on any atom is -0.490 e. The number of hydrogen-bond acceptors (Lipinski definition) is 7. The molecular formula is C19H20N2O7S. The summed E-state index contributed by atoms with van der Waals surface area (Å²) in [6, 6.07) is 11.1. The number of hydrogen-bond donors (Lipinski definition) is 2. The van der Waals surface area contributed by atoms with Gasteiger partial charge in [0.1, 0.15) is 11.9 Å². The zero-order chi connectivity index (χ0) is 20.4. The Kier molecular flexibility index (Phi) is 5.31. The average Bonchev–Trinajstić information content (AvgIpc) is 3.21. The van der Waals surface area contributed by atoms with Crippen LogP contribution < -0.4 is 19.7 Å². The molecule has 2 aliphatic heterocycles. The maximum atomic E-state index is 13.0. The molecule has 0 aliphatic carbocycles. The largest absolute Gasteiger partial charge is 0.490 e. The minimum absolute atomic E-state index is 0.103. The number of hydroxylamine groups is 1. The molecule has 1 saturated heterocycles. The summed E-state index contributed by atoms with van der Waals surface area (Å²) >= 11 is 0. The lowest BCUT2D eigenvalue weighted by molar-refractivity contribution is 0.0702. The van der Waals surface area contributed by atoms with Gasteiger partial charge in [0.05, 0.1) is 10.5 Å². The Morgan fingerprint density at radius 3 is 2.59 bits per heavy atom. The number of rotatable bonds is 5. The fourth-order valence-corrected chi connectivity index (χ4v) is 5.07. The summed E-state index contributed by atoms with van der Waals surface area (Å²) in [5, 5.41) is 8.88. The number of piperidine rings is 1. The highest BCUT2D eigenvalue weighted by molar-refractivity contribution is 7.89. The molecule has 2 aromatic carbocycles. The molecule has 29 heavy (non-hydrogen) atoms. The normalized spacial score (nSPS) is 17.1. The molecule has 4 rings (SSSR count). The summed E-state index contributed by atoms with van der Waals surface area (Å²) in [6.45, 7) is 0.698. The molecular weight excluding hydrogens is 400 g/mol. The number of carbonyl (C=O) groups excluding carboxylic acids is 1. The van der Waals surface area contributed by atoms with Gasteiger partial charge in [-0.2, -0.15) is 4.31 Å². The Balaban J connectivity index is 1.43. The highest BCUT2D eigenvalue weighted by Gasteiger charge is 2.32. The van der Waals surface area contributed by atoms with Crippen LogP contribution in [0.3, 0.4) is 0 Å². The predicted molar refractivity (Wildman–Crippen MR) is 101 cm³/mol. The molecule has 2 N–H and O–H groups in total. The third-order valence-corrected chi connectivity index (χ3v) is 6.86. The maximum absolute atomic E-state index is 13.0. The van der Waals surface area contributed by atoms with E-state index in [1.54, 1.807) is 18.2 Å². The Bertz CT molecular complexity index is 1020. The second kappa shape index (κ2) is 7.90. The first kappa shape index (κ1) is 19.5. The Hall–Kier alpha value is -2.82. The van der Waals surface area contributed by atoms with Crippen LogP contribution in [0.15, 0.2) is 47.4 Å². The smallest absolute Gasteiger partial charge is 0.276 e. The van der Waals surface area contributed by atoms with E-state index in [-0.39, 0.29) is 36.4 Å². The monoisotopic (exact) mass is 420 g/mol. The molecule has 0 aromatic heterocycles. The topological polar surface area (TPSA) is 114 Å². The molecule has 2 aromatic rings. The van der Waals surface area contributed by atoms with Crippen LogP contribution in [0, 0.1) is 0 Å². The van der Waals surface area contributed by atoms with Crippen LogP contribution in [0.2, 0.25) is 0 Å². The Morgan fingerprint density at radius 1 is 1.10 bits per heavy atom. The van der Waals surface area contributed by atoms with Crippen molar-refractivity contribution in [3.8, 4) is 17.2 Å². The molecule has 0 bridgehead atoms. The SMILES string of the molecule is O=C(NO)c1ccccc1S(=O)(=O)N1CCC(Oc2ccc3c(c2)OCO3)CC1. The molecule has 1 amide bonds. The standard InChI is InChI=1S/C19H20N2O7S/c22-19(20-23)15-3-1-2-4-18(15)29(24,25)21-9-7-13(8-10-21)28-14-5-6-16-17(11-14)27-12-26-16/h1-6,11,13,23H,7-10,12H2,(H,20,22). The molecule has 154 valence electrons. The number of nitrogens with zero attached hydrogens (tertiary/aromatic N) is 1.